The summed E-state index contributed by atoms with van der Waals surface area (Å²) in [5, 5.41) is 9.63. The fourth-order valence-corrected chi connectivity index (χ4v) is 2.89. The highest BCUT2D eigenvalue weighted by molar-refractivity contribution is 8.00. The average molecular weight is 177 g/mol. The first kappa shape index (κ1) is 9.03. The fraction of sp³-hybridized carbons (Fsp3) is 0.857. The zero-order valence-corrected chi connectivity index (χ0v) is 7.40. The molecule has 11 heavy (non-hydrogen) atoms. The number of hydrogen-bond acceptors (Lipinski definition) is 3. The first-order valence-corrected chi connectivity index (χ1v) is 5.79. The van der Waals surface area contributed by atoms with E-state index in [1.807, 2.05) is 0 Å². The van der Waals surface area contributed by atoms with Crippen LogP contribution in [0.3, 0.4) is 0 Å². The first-order valence-electron chi connectivity index (χ1n) is 3.73. The van der Waals surface area contributed by atoms with Gasteiger partial charge in [0.25, 0.3) is 0 Å². The van der Waals surface area contributed by atoms with Gasteiger partial charge in [-0.25, -0.2) is 0 Å². The molecule has 1 heterocycles. The lowest BCUT2D eigenvalue weighted by Gasteiger charge is -2.32. The van der Waals surface area contributed by atoms with Gasteiger partial charge >= 0.3 is 0 Å². The molecule has 66 valence electrons. The van der Waals surface area contributed by atoms with E-state index in [1.165, 1.54) is 0 Å². The van der Waals surface area contributed by atoms with Crippen molar-refractivity contribution in [3.05, 3.63) is 0 Å². The van der Waals surface area contributed by atoms with Crippen LogP contribution in [0.1, 0.15) is 12.8 Å². The summed E-state index contributed by atoms with van der Waals surface area (Å²) in [4.78, 5) is 0. The van der Waals surface area contributed by atoms with Crippen molar-refractivity contribution < 1.29 is 9.32 Å². The number of rotatable bonds is 1. The summed E-state index contributed by atoms with van der Waals surface area (Å²) in [6.07, 6.45) is 1.07. The summed E-state index contributed by atoms with van der Waals surface area (Å²) in [6.45, 7) is 0.266. The lowest BCUT2D eigenvalue weighted by Crippen LogP contribution is -2.44. The first-order chi connectivity index (χ1) is 4.97. The Morgan fingerprint density at radius 1 is 1.55 bits per heavy atom. The molecule has 0 saturated carbocycles. The van der Waals surface area contributed by atoms with Crippen molar-refractivity contribution in [2.24, 2.45) is 5.73 Å². The Morgan fingerprint density at radius 3 is 2.36 bits per heavy atom. The molecule has 0 spiro atoms. The Balaban J connectivity index is 2.62. The van der Waals surface area contributed by atoms with Gasteiger partial charge in [-0.15, -0.1) is 0 Å². The largest absolute Gasteiger partial charge is 0.389 e. The van der Waals surface area contributed by atoms with E-state index in [0.717, 1.165) is 0 Å². The van der Waals surface area contributed by atoms with Crippen LogP contribution in [-0.2, 0) is 9.52 Å². The minimum Gasteiger partial charge on any atom is -0.389 e. The van der Waals surface area contributed by atoms with Crippen LogP contribution in [0, 0.1) is 0 Å². The molecule has 0 aromatic heterocycles. The van der Waals surface area contributed by atoms with Gasteiger partial charge in [0.15, 0.2) is 0 Å². The van der Waals surface area contributed by atoms with Gasteiger partial charge in [0.05, 0.1) is 5.60 Å². The molecule has 0 aromatic rings. The molecule has 1 aliphatic rings. The molecule has 1 rings (SSSR count). The van der Waals surface area contributed by atoms with Crippen LogP contribution in [-0.4, -0.2) is 38.8 Å². The maximum absolute atomic E-state index is 11.3. The monoisotopic (exact) mass is 177 g/mol. The molecular formula is C7H15NO2S. The summed E-state index contributed by atoms with van der Waals surface area (Å²) in [5.74, 6) is 4.63. The molecule has 4 heteroatoms. The highest BCUT2D eigenvalue weighted by Crippen LogP contribution is 2.21. The second kappa shape index (κ2) is 2.77. The Morgan fingerprint density at radius 2 is 2.00 bits per heavy atom. The SMILES string of the molecule is C=S1(=O)CCC(O)(CN)CC1. The van der Waals surface area contributed by atoms with Crippen molar-refractivity contribution in [3.8, 4) is 0 Å². The summed E-state index contributed by atoms with van der Waals surface area (Å²) in [5.41, 5.74) is 4.60. The van der Waals surface area contributed by atoms with Gasteiger partial charge in [0, 0.05) is 18.1 Å². The van der Waals surface area contributed by atoms with Crippen molar-refractivity contribution >= 4 is 15.4 Å². The Labute approximate surface area is 67.6 Å². The van der Waals surface area contributed by atoms with Gasteiger partial charge in [-0.3, -0.25) is 4.21 Å². The Hall–Kier alpha value is -0.0600. The number of aliphatic hydroxyl groups is 1. The van der Waals surface area contributed by atoms with E-state index in [1.54, 1.807) is 0 Å². The van der Waals surface area contributed by atoms with Gasteiger partial charge in [0.1, 0.15) is 0 Å². The molecule has 0 radical (unpaired) electrons. The van der Waals surface area contributed by atoms with Crippen LogP contribution in [0.4, 0.5) is 0 Å². The van der Waals surface area contributed by atoms with Crippen LogP contribution in [0.5, 0.6) is 0 Å². The highest BCUT2D eigenvalue weighted by atomic mass is 32.2. The van der Waals surface area contributed by atoms with E-state index >= 15 is 0 Å². The van der Waals surface area contributed by atoms with Gasteiger partial charge < -0.3 is 10.8 Å². The normalized spacial score (nSPS) is 45.6. The van der Waals surface area contributed by atoms with Gasteiger partial charge in [-0.2, -0.15) is 0 Å². The predicted octanol–water partition coefficient (Wildman–Crippen LogP) is -0.814. The van der Waals surface area contributed by atoms with E-state index < -0.39 is 15.1 Å². The van der Waals surface area contributed by atoms with Crippen LogP contribution < -0.4 is 5.73 Å². The Bertz CT molecular complexity index is 219. The molecule has 1 fully saturated rings. The third-order valence-corrected chi connectivity index (χ3v) is 4.16. The number of nitrogens with two attached hydrogens (primary N) is 1. The summed E-state index contributed by atoms with van der Waals surface area (Å²) < 4.78 is 11.3. The summed E-state index contributed by atoms with van der Waals surface area (Å²) >= 11 is 0. The van der Waals surface area contributed by atoms with E-state index in [2.05, 4.69) is 5.87 Å². The third kappa shape index (κ3) is 2.18. The van der Waals surface area contributed by atoms with Crippen LogP contribution >= 0.6 is 0 Å². The third-order valence-electron chi connectivity index (χ3n) is 2.26. The minimum absolute atomic E-state index is 0.266. The second-order valence-corrected chi connectivity index (χ2v) is 6.05. The van der Waals surface area contributed by atoms with E-state index in [4.69, 9.17) is 5.73 Å². The van der Waals surface area contributed by atoms with E-state index in [-0.39, 0.29) is 6.54 Å². The smallest absolute Gasteiger partial charge is 0.0786 e. The Kier molecular flexibility index (Phi) is 2.27. The van der Waals surface area contributed by atoms with Gasteiger partial charge in [-0.1, -0.05) is 0 Å². The molecule has 0 unspecified atom stereocenters. The van der Waals surface area contributed by atoms with Crippen molar-refractivity contribution in [3.63, 3.8) is 0 Å². The fourth-order valence-electron chi connectivity index (χ4n) is 1.18. The van der Waals surface area contributed by atoms with Gasteiger partial charge in [0.2, 0.25) is 0 Å². The molecule has 3 nitrogen and oxygen atoms in total. The topological polar surface area (TPSA) is 63.3 Å². The van der Waals surface area contributed by atoms with Crippen LogP contribution in [0.2, 0.25) is 0 Å². The summed E-state index contributed by atoms with van der Waals surface area (Å²) in [7, 11) is -1.88. The molecule has 3 N–H and O–H groups in total. The van der Waals surface area contributed by atoms with E-state index in [9.17, 15) is 9.32 Å². The molecule has 0 bridgehead atoms. The molecule has 1 saturated heterocycles. The van der Waals surface area contributed by atoms with Crippen molar-refractivity contribution in [1.29, 1.82) is 0 Å². The van der Waals surface area contributed by atoms with Crippen molar-refractivity contribution in [1.82, 2.24) is 0 Å². The number of hydrogen-bond donors (Lipinski definition) is 2. The highest BCUT2D eigenvalue weighted by Gasteiger charge is 2.31. The maximum atomic E-state index is 11.3. The van der Waals surface area contributed by atoms with Crippen LogP contribution in [0.15, 0.2) is 0 Å². The summed E-state index contributed by atoms with van der Waals surface area (Å²) in [6, 6.07) is 0. The zero-order chi connectivity index (χ0) is 8.54. The quantitative estimate of drug-likeness (QED) is 0.515. The standard InChI is InChI=1S/C7H15NO2S/c1-11(10)4-2-7(9,6-8)3-5-11/h9H,1-6,8H2. The molecule has 0 aliphatic carbocycles. The minimum atomic E-state index is -1.88. The van der Waals surface area contributed by atoms with Crippen molar-refractivity contribution in [2.75, 3.05) is 18.1 Å². The lowest BCUT2D eigenvalue weighted by atomic mass is 9.97. The average Bonchev–Trinajstić information content (AvgIpc) is 1.97. The lowest BCUT2D eigenvalue weighted by molar-refractivity contribution is 0.0401. The van der Waals surface area contributed by atoms with Crippen LogP contribution in [0.25, 0.3) is 0 Å². The van der Waals surface area contributed by atoms with Gasteiger partial charge in [-0.05, 0) is 28.2 Å². The van der Waals surface area contributed by atoms with Crippen molar-refractivity contribution in [2.45, 2.75) is 18.4 Å². The predicted molar refractivity (Wildman–Crippen MR) is 48.2 cm³/mol. The maximum Gasteiger partial charge on any atom is 0.0786 e. The molecule has 1 aliphatic heterocycles. The zero-order valence-electron chi connectivity index (χ0n) is 6.58. The molecular weight excluding hydrogens is 162 g/mol. The molecule has 0 amide bonds. The van der Waals surface area contributed by atoms with E-state index in [0.29, 0.717) is 24.3 Å². The molecule has 0 aromatic carbocycles. The second-order valence-electron chi connectivity index (χ2n) is 3.30. The molecule has 0 atom stereocenters.